The van der Waals surface area contributed by atoms with Gasteiger partial charge in [-0.05, 0) is 12.1 Å². The van der Waals surface area contributed by atoms with Gasteiger partial charge in [-0.15, -0.1) is 0 Å². The molecule has 84 valence electrons. The van der Waals surface area contributed by atoms with Gasteiger partial charge in [0.1, 0.15) is 18.0 Å². The third-order valence-electron chi connectivity index (χ3n) is 2.45. The number of hydrogen-bond donors (Lipinski definition) is 0. The van der Waals surface area contributed by atoms with Crippen LogP contribution < -0.4 is 4.90 Å². The minimum absolute atomic E-state index is 0.229. The van der Waals surface area contributed by atoms with Crippen LogP contribution in [0.2, 0.25) is 0 Å². The van der Waals surface area contributed by atoms with Crippen molar-refractivity contribution in [2.75, 3.05) is 11.9 Å². The van der Waals surface area contributed by atoms with E-state index < -0.39 is 0 Å². The van der Waals surface area contributed by atoms with Crippen LogP contribution in [0.4, 0.5) is 10.1 Å². The smallest absolute Gasteiger partial charge is 0.146 e. The Kier molecular flexibility index (Phi) is 2.85. The number of rotatable bonds is 3. The highest BCUT2D eigenvalue weighted by atomic mass is 19.1. The number of nitrogens with zero attached hydrogens (tertiary/aromatic N) is 4. The average molecular weight is 220 g/mol. The van der Waals surface area contributed by atoms with Gasteiger partial charge < -0.3 is 4.90 Å². The highest BCUT2D eigenvalue weighted by Gasteiger charge is 2.09. The second-order valence-corrected chi connectivity index (χ2v) is 3.61. The van der Waals surface area contributed by atoms with Gasteiger partial charge in [-0.1, -0.05) is 12.1 Å². The molecule has 2 rings (SSSR count). The molecule has 0 unspecified atom stereocenters. The first-order chi connectivity index (χ1) is 7.68. The Morgan fingerprint density at radius 2 is 2.12 bits per heavy atom. The van der Waals surface area contributed by atoms with Crippen LogP contribution in [0, 0.1) is 5.82 Å². The normalized spacial score (nSPS) is 10.4. The number of aryl methyl sites for hydroxylation is 1. The molecule has 2 aromatic rings. The largest absolute Gasteiger partial charge is 0.365 e. The first-order valence-electron chi connectivity index (χ1n) is 4.97. The van der Waals surface area contributed by atoms with Crippen LogP contribution in [-0.4, -0.2) is 21.8 Å². The van der Waals surface area contributed by atoms with Crippen LogP contribution in [0.5, 0.6) is 0 Å². The SMILES string of the molecule is CN(Cc1ncnn1C)c1ccccc1F. The van der Waals surface area contributed by atoms with Crippen LogP contribution in [0.3, 0.4) is 0 Å². The molecule has 0 aliphatic heterocycles. The molecule has 0 atom stereocenters. The van der Waals surface area contributed by atoms with Crippen molar-refractivity contribution in [3.05, 3.63) is 42.2 Å². The lowest BCUT2D eigenvalue weighted by Gasteiger charge is -2.18. The summed E-state index contributed by atoms with van der Waals surface area (Å²) in [6, 6.07) is 6.68. The highest BCUT2D eigenvalue weighted by molar-refractivity contribution is 5.46. The summed E-state index contributed by atoms with van der Waals surface area (Å²) in [6.45, 7) is 0.525. The number of aromatic nitrogens is 3. The fourth-order valence-electron chi connectivity index (χ4n) is 1.52. The van der Waals surface area contributed by atoms with Gasteiger partial charge in [0.15, 0.2) is 0 Å². The van der Waals surface area contributed by atoms with Gasteiger partial charge in [-0.2, -0.15) is 5.10 Å². The monoisotopic (exact) mass is 220 g/mol. The Balaban J connectivity index is 2.18. The van der Waals surface area contributed by atoms with E-state index in [1.54, 1.807) is 21.7 Å². The van der Waals surface area contributed by atoms with E-state index in [1.165, 1.54) is 12.4 Å². The van der Waals surface area contributed by atoms with E-state index >= 15 is 0 Å². The fourth-order valence-corrected chi connectivity index (χ4v) is 1.52. The molecular formula is C11H13FN4. The average Bonchev–Trinajstić information content (AvgIpc) is 2.65. The van der Waals surface area contributed by atoms with Crippen molar-refractivity contribution in [2.45, 2.75) is 6.54 Å². The molecule has 5 heteroatoms. The van der Waals surface area contributed by atoms with Gasteiger partial charge in [0.25, 0.3) is 0 Å². The second-order valence-electron chi connectivity index (χ2n) is 3.61. The maximum Gasteiger partial charge on any atom is 0.146 e. The summed E-state index contributed by atoms with van der Waals surface area (Å²) in [5, 5.41) is 3.97. The van der Waals surface area contributed by atoms with Crippen molar-refractivity contribution in [1.29, 1.82) is 0 Å². The number of benzene rings is 1. The standard InChI is InChI=1S/C11H13FN4/c1-15(7-11-13-8-14-16(11)2)10-6-4-3-5-9(10)12/h3-6,8H,7H2,1-2H3. The van der Waals surface area contributed by atoms with Crippen LogP contribution in [0.25, 0.3) is 0 Å². The van der Waals surface area contributed by atoms with E-state index in [4.69, 9.17) is 0 Å². The zero-order valence-corrected chi connectivity index (χ0v) is 9.26. The fraction of sp³-hybridized carbons (Fsp3) is 0.273. The predicted molar refractivity (Wildman–Crippen MR) is 59.5 cm³/mol. The van der Waals surface area contributed by atoms with Gasteiger partial charge >= 0.3 is 0 Å². The zero-order chi connectivity index (χ0) is 11.5. The van der Waals surface area contributed by atoms with E-state index in [2.05, 4.69) is 10.1 Å². The van der Waals surface area contributed by atoms with E-state index in [9.17, 15) is 4.39 Å². The third-order valence-corrected chi connectivity index (χ3v) is 2.45. The van der Waals surface area contributed by atoms with Crippen molar-refractivity contribution in [3.63, 3.8) is 0 Å². The maximum atomic E-state index is 13.5. The molecule has 4 nitrogen and oxygen atoms in total. The highest BCUT2D eigenvalue weighted by Crippen LogP contribution is 2.18. The lowest BCUT2D eigenvalue weighted by molar-refractivity contribution is 0.617. The molecule has 0 aliphatic carbocycles. The molecule has 1 heterocycles. The predicted octanol–water partition coefficient (Wildman–Crippen LogP) is 1.59. The molecule has 0 spiro atoms. The Morgan fingerprint density at radius 1 is 1.38 bits per heavy atom. The molecule has 0 saturated heterocycles. The van der Waals surface area contributed by atoms with Crippen molar-refractivity contribution in [1.82, 2.24) is 14.8 Å². The lowest BCUT2D eigenvalue weighted by atomic mass is 10.3. The topological polar surface area (TPSA) is 34.0 Å². The first-order valence-corrected chi connectivity index (χ1v) is 4.97. The van der Waals surface area contributed by atoms with E-state index in [-0.39, 0.29) is 5.82 Å². The summed E-state index contributed by atoms with van der Waals surface area (Å²) in [7, 11) is 3.64. The second kappa shape index (κ2) is 4.30. The molecule has 0 saturated carbocycles. The summed E-state index contributed by atoms with van der Waals surface area (Å²) in [5.41, 5.74) is 0.561. The Morgan fingerprint density at radius 3 is 2.75 bits per heavy atom. The molecule has 0 fully saturated rings. The minimum atomic E-state index is -0.229. The number of hydrogen-bond acceptors (Lipinski definition) is 3. The van der Waals surface area contributed by atoms with Gasteiger partial charge in [0.2, 0.25) is 0 Å². The third kappa shape index (κ3) is 2.03. The van der Waals surface area contributed by atoms with E-state index in [0.717, 1.165) is 5.82 Å². The van der Waals surface area contributed by atoms with Gasteiger partial charge in [0.05, 0.1) is 12.2 Å². The molecule has 0 aliphatic rings. The lowest BCUT2D eigenvalue weighted by Crippen LogP contribution is -2.20. The zero-order valence-electron chi connectivity index (χ0n) is 9.26. The quantitative estimate of drug-likeness (QED) is 0.787. The maximum absolute atomic E-state index is 13.5. The molecular weight excluding hydrogens is 207 g/mol. The number of halogens is 1. The molecule has 1 aromatic carbocycles. The number of anilines is 1. The number of para-hydroxylation sites is 1. The molecule has 1 aromatic heterocycles. The van der Waals surface area contributed by atoms with Gasteiger partial charge in [0, 0.05) is 14.1 Å². The van der Waals surface area contributed by atoms with Crippen molar-refractivity contribution in [2.24, 2.45) is 7.05 Å². The summed E-state index contributed by atoms with van der Waals surface area (Å²) in [5.74, 6) is 0.568. The van der Waals surface area contributed by atoms with Crippen molar-refractivity contribution in [3.8, 4) is 0 Å². The summed E-state index contributed by atoms with van der Waals surface area (Å²) < 4.78 is 15.2. The molecule has 0 N–H and O–H groups in total. The molecule has 0 radical (unpaired) electrons. The van der Waals surface area contributed by atoms with E-state index in [1.807, 2.05) is 20.2 Å². The van der Waals surface area contributed by atoms with Crippen LogP contribution >= 0.6 is 0 Å². The summed E-state index contributed by atoms with van der Waals surface area (Å²) in [4.78, 5) is 5.90. The van der Waals surface area contributed by atoms with Crippen LogP contribution in [0.15, 0.2) is 30.6 Å². The molecule has 0 amide bonds. The van der Waals surface area contributed by atoms with Gasteiger partial charge in [-0.25, -0.2) is 9.37 Å². The van der Waals surface area contributed by atoms with Gasteiger partial charge in [-0.3, -0.25) is 4.68 Å². The van der Waals surface area contributed by atoms with E-state index in [0.29, 0.717) is 12.2 Å². The molecule has 0 bridgehead atoms. The Labute approximate surface area is 93.3 Å². The van der Waals surface area contributed by atoms with Crippen LogP contribution in [-0.2, 0) is 13.6 Å². The summed E-state index contributed by atoms with van der Waals surface area (Å²) >= 11 is 0. The Bertz CT molecular complexity index is 480. The summed E-state index contributed by atoms with van der Waals surface area (Å²) in [6.07, 6.45) is 1.49. The minimum Gasteiger partial charge on any atom is -0.365 e. The van der Waals surface area contributed by atoms with Crippen molar-refractivity contribution >= 4 is 5.69 Å². The van der Waals surface area contributed by atoms with Crippen LogP contribution in [0.1, 0.15) is 5.82 Å². The Hall–Kier alpha value is -1.91. The van der Waals surface area contributed by atoms with Crippen molar-refractivity contribution < 1.29 is 4.39 Å². The first kappa shape index (κ1) is 10.6. The molecule has 16 heavy (non-hydrogen) atoms.